The molecule has 0 unspecified atom stereocenters. The summed E-state index contributed by atoms with van der Waals surface area (Å²) >= 11 is 0. The van der Waals surface area contributed by atoms with Gasteiger partial charge in [0.05, 0.1) is 19.4 Å². The van der Waals surface area contributed by atoms with Crippen molar-refractivity contribution in [2.75, 3.05) is 13.2 Å². The fourth-order valence-electron chi connectivity index (χ4n) is 1.79. The van der Waals surface area contributed by atoms with Crippen molar-refractivity contribution >= 4 is 17.9 Å². The van der Waals surface area contributed by atoms with Gasteiger partial charge in [0.2, 0.25) is 5.90 Å². The molecule has 1 aromatic heterocycles. The van der Waals surface area contributed by atoms with Crippen LogP contribution in [0.2, 0.25) is 0 Å². The highest BCUT2D eigenvalue weighted by Crippen LogP contribution is 2.01. The van der Waals surface area contributed by atoms with E-state index in [4.69, 9.17) is 13.9 Å². The van der Waals surface area contributed by atoms with E-state index in [-0.39, 0.29) is 24.8 Å². The zero-order valence-corrected chi connectivity index (χ0v) is 13.7. The van der Waals surface area contributed by atoms with Gasteiger partial charge in [-0.3, -0.25) is 4.79 Å². The first kappa shape index (κ1) is 18.1. The van der Waals surface area contributed by atoms with Crippen LogP contribution in [0.3, 0.4) is 0 Å². The number of furan rings is 1. The monoisotopic (exact) mass is 345 g/mol. The van der Waals surface area contributed by atoms with Gasteiger partial charge in [0.15, 0.2) is 5.76 Å². The fraction of sp³-hybridized carbons (Fsp3) is 0.235. The molecule has 0 fully saturated rings. The lowest BCUT2D eigenvalue weighted by Crippen LogP contribution is -2.33. The maximum Gasteiger partial charge on any atom is 0.407 e. The lowest BCUT2D eigenvalue weighted by Gasteiger charge is -2.09. The summed E-state index contributed by atoms with van der Waals surface area (Å²) in [6.45, 7) is 2.22. The normalized spacial score (nSPS) is 10.8. The number of amides is 2. The van der Waals surface area contributed by atoms with Gasteiger partial charge in [-0.1, -0.05) is 30.3 Å². The summed E-state index contributed by atoms with van der Waals surface area (Å²) in [4.78, 5) is 23.4. The zero-order valence-electron chi connectivity index (χ0n) is 13.7. The Bertz CT molecular complexity index is 698. The van der Waals surface area contributed by atoms with Gasteiger partial charge in [-0.15, -0.1) is 5.10 Å². The van der Waals surface area contributed by atoms with Gasteiger partial charge in [0.1, 0.15) is 6.61 Å². The van der Waals surface area contributed by atoms with Crippen LogP contribution in [0.1, 0.15) is 23.0 Å². The number of hydrazone groups is 1. The standard InChI is InChI=1S/C17H19N3O5/c1-2-23-15(19-20-16(21)14-9-6-10-24-14)11-18-17(22)25-12-13-7-4-3-5-8-13/h3-10H,2,11-12H2,1H3,(H,18,22)(H,20,21)/b19-15-. The third kappa shape index (κ3) is 6.38. The molecule has 0 aliphatic heterocycles. The molecule has 0 aliphatic rings. The Labute approximate surface area is 144 Å². The Balaban J connectivity index is 1.78. The Morgan fingerprint density at radius 3 is 2.60 bits per heavy atom. The van der Waals surface area contributed by atoms with Gasteiger partial charge < -0.3 is 19.2 Å². The number of hydrogen-bond acceptors (Lipinski definition) is 6. The second-order valence-electron chi connectivity index (χ2n) is 4.77. The highest BCUT2D eigenvalue weighted by atomic mass is 16.5. The summed E-state index contributed by atoms with van der Waals surface area (Å²) < 4.78 is 15.3. The Hall–Kier alpha value is -3.29. The molecule has 0 spiro atoms. The van der Waals surface area contributed by atoms with E-state index in [1.54, 1.807) is 13.0 Å². The predicted molar refractivity (Wildman–Crippen MR) is 89.9 cm³/mol. The largest absolute Gasteiger partial charge is 0.479 e. The molecule has 8 nitrogen and oxygen atoms in total. The average Bonchev–Trinajstić information content (AvgIpc) is 3.17. The van der Waals surface area contributed by atoms with Crippen molar-refractivity contribution in [3.05, 3.63) is 60.1 Å². The third-order valence-electron chi connectivity index (χ3n) is 2.93. The van der Waals surface area contributed by atoms with E-state index < -0.39 is 12.0 Å². The number of hydrogen-bond donors (Lipinski definition) is 2. The van der Waals surface area contributed by atoms with Crippen molar-refractivity contribution in [3.8, 4) is 0 Å². The molecule has 25 heavy (non-hydrogen) atoms. The van der Waals surface area contributed by atoms with Gasteiger partial charge in [0, 0.05) is 0 Å². The Morgan fingerprint density at radius 2 is 1.92 bits per heavy atom. The highest BCUT2D eigenvalue weighted by Gasteiger charge is 2.10. The Kier molecular flexibility index (Phi) is 7.05. The SMILES string of the molecule is CCO/C(CNC(=O)OCc1ccccc1)=N\NC(=O)c1ccco1. The minimum atomic E-state index is -0.617. The Morgan fingerprint density at radius 1 is 1.12 bits per heavy atom. The maximum atomic E-state index is 11.7. The van der Waals surface area contributed by atoms with Crippen LogP contribution < -0.4 is 10.7 Å². The molecule has 0 atom stereocenters. The van der Waals surface area contributed by atoms with Crippen molar-refractivity contribution in [2.45, 2.75) is 13.5 Å². The number of carbonyl (C=O) groups is 2. The summed E-state index contributed by atoms with van der Waals surface area (Å²) in [7, 11) is 0. The van der Waals surface area contributed by atoms with Crippen LogP contribution in [-0.2, 0) is 16.1 Å². The molecule has 1 aromatic carbocycles. The quantitative estimate of drug-likeness (QED) is 0.455. The second kappa shape index (κ2) is 9.76. The van der Waals surface area contributed by atoms with Crippen LogP contribution in [0.15, 0.2) is 58.2 Å². The molecule has 0 saturated heterocycles. The van der Waals surface area contributed by atoms with Crippen LogP contribution in [0, 0.1) is 0 Å². The van der Waals surface area contributed by atoms with E-state index >= 15 is 0 Å². The number of rotatable bonds is 7. The molecule has 2 aromatic rings. The fourth-order valence-corrected chi connectivity index (χ4v) is 1.79. The number of benzene rings is 1. The minimum absolute atomic E-state index is 0.0279. The molecule has 0 bridgehead atoms. The van der Waals surface area contributed by atoms with Crippen molar-refractivity contribution in [1.82, 2.24) is 10.7 Å². The van der Waals surface area contributed by atoms with Crippen LogP contribution in [0.25, 0.3) is 0 Å². The van der Waals surface area contributed by atoms with Crippen LogP contribution in [-0.4, -0.2) is 31.0 Å². The molecular formula is C17H19N3O5. The lowest BCUT2D eigenvalue weighted by atomic mass is 10.2. The molecule has 0 saturated carbocycles. The highest BCUT2D eigenvalue weighted by molar-refractivity contribution is 5.92. The molecule has 8 heteroatoms. The molecular weight excluding hydrogens is 326 g/mol. The van der Waals surface area contributed by atoms with Gasteiger partial charge in [-0.05, 0) is 24.6 Å². The molecule has 0 radical (unpaired) electrons. The maximum absolute atomic E-state index is 11.7. The number of nitrogens with zero attached hydrogens (tertiary/aromatic N) is 1. The van der Waals surface area contributed by atoms with Crippen molar-refractivity contribution in [1.29, 1.82) is 0 Å². The number of alkyl carbamates (subject to hydrolysis) is 1. The van der Waals surface area contributed by atoms with Gasteiger partial charge in [-0.2, -0.15) is 0 Å². The van der Waals surface area contributed by atoms with Crippen LogP contribution in [0.5, 0.6) is 0 Å². The van der Waals surface area contributed by atoms with E-state index in [0.29, 0.717) is 6.61 Å². The summed E-state index contributed by atoms with van der Waals surface area (Å²) in [5, 5.41) is 6.33. The zero-order chi connectivity index (χ0) is 17.9. The van der Waals surface area contributed by atoms with Crippen molar-refractivity contribution < 1.29 is 23.5 Å². The predicted octanol–water partition coefficient (Wildman–Crippen LogP) is 2.29. The van der Waals surface area contributed by atoms with E-state index in [0.717, 1.165) is 5.56 Å². The van der Waals surface area contributed by atoms with Crippen molar-refractivity contribution in [2.24, 2.45) is 5.10 Å². The molecule has 2 rings (SSSR count). The molecule has 2 N–H and O–H groups in total. The molecule has 1 heterocycles. The third-order valence-corrected chi connectivity index (χ3v) is 2.93. The first-order chi connectivity index (χ1) is 12.2. The van der Waals surface area contributed by atoms with Crippen molar-refractivity contribution in [3.63, 3.8) is 0 Å². The summed E-state index contributed by atoms with van der Waals surface area (Å²) in [6, 6.07) is 12.4. The van der Waals surface area contributed by atoms with Gasteiger partial charge in [-0.25, -0.2) is 10.2 Å². The van der Waals surface area contributed by atoms with E-state index in [2.05, 4.69) is 15.8 Å². The molecule has 2 amide bonds. The second-order valence-corrected chi connectivity index (χ2v) is 4.77. The number of nitrogens with one attached hydrogen (secondary N) is 2. The van der Waals surface area contributed by atoms with Gasteiger partial charge >= 0.3 is 12.0 Å². The van der Waals surface area contributed by atoms with E-state index in [1.165, 1.54) is 12.3 Å². The smallest absolute Gasteiger partial charge is 0.407 e. The summed E-state index contributed by atoms with van der Waals surface area (Å²) in [5.41, 5.74) is 3.17. The lowest BCUT2D eigenvalue weighted by molar-refractivity contribution is 0.0925. The summed E-state index contributed by atoms with van der Waals surface area (Å²) in [6.07, 6.45) is 0.764. The molecule has 0 aliphatic carbocycles. The van der Waals surface area contributed by atoms with E-state index in [9.17, 15) is 9.59 Å². The average molecular weight is 345 g/mol. The topological polar surface area (TPSA) is 102 Å². The summed E-state index contributed by atoms with van der Waals surface area (Å²) in [5.74, 6) is -0.261. The first-order valence-electron chi connectivity index (χ1n) is 7.66. The minimum Gasteiger partial charge on any atom is -0.479 e. The van der Waals surface area contributed by atoms with Gasteiger partial charge in [0.25, 0.3) is 0 Å². The van der Waals surface area contributed by atoms with Crippen LogP contribution in [0.4, 0.5) is 4.79 Å². The number of carbonyl (C=O) groups excluding carboxylic acids is 2. The number of ether oxygens (including phenoxy) is 2. The molecule has 132 valence electrons. The van der Waals surface area contributed by atoms with E-state index in [1.807, 2.05) is 30.3 Å². The first-order valence-corrected chi connectivity index (χ1v) is 7.66. The van der Waals surface area contributed by atoms with Crippen LogP contribution >= 0.6 is 0 Å².